The predicted octanol–water partition coefficient (Wildman–Crippen LogP) is 4.89. The fraction of sp³-hybridized carbons (Fsp3) is 0.200. The molecule has 0 aliphatic carbocycles. The Morgan fingerprint density at radius 2 is 1.65 bits per heavy atom. The van der Waals surface area contributed by atoms with Gasteiger partial charge in [0.2, 0.25) is 0 Å². The van der Waals surface area contributed by atoms with Crippen molar-refractivity contribution in [1.29, 1.82) is 0 Å². The first kappa shape index (κ1) is 15.2. The lowest BCUT2D eigenvalue weighted by Gasteiger charge is -2.19. The maximum Gasteiger partial charge on any atom is 0.160 e. The Morgan fingerprint density at radius 1 is 1.00 bits per heavy atom. The first-order valence-corrected chi connectivity index (χ1v) is 6.77. The molecule has 1 atom stereocenters. The summed E-state index contributed by atoms with van der Waals surface area (Å²) in [7, 11) is 1.73. The molecule has 0 amide bonds. The van der Waals surface area contributed by atoms with E-state index in [0.717, 1.165) is 23.3 Å². The number of halogens is 4. The fourth-order valence-electron chi connectivity index (χ4n) is 2.11. The predicted molar refractivity (Wildman–Crippen MR) is 78.5 cm³/mol. The van der Waals surface area contributed by atoms with Crippen LogP contribution in [-0.4, -0.2) is 7.05 Å². The highest BCUT2D eigenvalue weighted by Gasteiger charge is 2.18. The highest BCUT2D eigenvalue weighted by atomic mass is 35.5. The standard InChI is InChI=1S/C15H13Cl2F2N/c1-8-5-9(3-4-11(8)16)15(20-2)10-6-13(18)14(19)7-12(10)17/h3-7,15,20H,1-2H3. The van der Waals surface area contributed by atoms with E-state index in [0.29, 0.717) is 10.6 Å². The van der Waals surface area contributed by atoms with Crippen molar-refractivity contribution < 1.29 is 8.78 Å². The van der Waals surface area contributed by atoms with E-state index < -0.39 is 11.6 Å². The van der Waals surface area contributed by atoms with Gasteiger partial charge in [0.15, 0.2) is 11.6 Å². The van der Waals surface area contributed by atoms with E-state index in [4.69, 9.17) is 23.2 Å². The molecule has 1 unspecified atom stereocenters. The number of aryl methyl sites for hydroxylation is 1. The van der Waals surface area contributed by atoms with Crippen molar-refractivity contribution in [2.24, 2.45) is 0 Å². The van der Waals surface area contributed by atoms with Crippen LogP contribution in [0.2, 0.25) is 10.0 Å². The lowest BCUT2D eigenvalue weighted by Crippen LogP contribution is -2.18. The summed E-state index contributed by atoms with van der Waals surface area (Å²) in [6, 6.07) is 7.25. The Hall–Kier alpha value is -1.16. The van der Waals surface area contributed by atoms with Gasteiger partial charge in [0.05, 0.1) is 6.04 Å². The summed E-state index contributed by atoms with van der Waals surface area (Å²) >= 11 is 12.0. The van der Waals surface area contributed by atoms with Crippen LogP contribution in [0.5, 0.6) is 0 Å². The first-order valence-electron chi connectivity index (χ1n) is 6.01. The molecule has 2 rings (SSSR count). The number of hydrogen-bond acceptors (Lipinski definition) is 1. The van der Waals surface area contributed by atoms with Gasteiger partial charge in [-0.15, -0.1) is 0 Å². The summed E-state index contributed by atoms with van der Waals surface area (Å²) in [5.41, 5.74) is 2.26. The monoisotopic (exact) mass is 315 g/mol. The molecule has 20 heavy (non-hydrogen) atoms. The molecule has 0 aliphatic rings. The minimum atomic E-state index is -0.958. The zero-order valence-corrected chi connectivity index (χ0v) is 12.5. The molecule has 0 heterocycles. The van der Waals surface area contributed by atoms with Gasteiger partial charge in [-0.25, -0.2) is 8.78 Å². The SMILES string of the molecule is CNC(c1ccc(Cl)c(C)c1)c1cc(F)c(F)cc1Cl. The van der Waals surface area contributed by atoms with Crippen LogP contribution in [0.1, 0.15) is 22.7 Å². The first-order chi connectivity index (χ1) is 9.43. The Bertz CT molecular complexity index is 644. The van der Waals surface area contributed by atoms with E-state index in [1.807, 2.05) is 19.1 Å². The van der Waals surface area contributed by atoms with Gasteiger partial charge in [0, 0.05) is 10.0 Å². The van der Waals surface area contributed by atoms with Crippen molar-refractivity contribution >= 4 is 23.2 Å². The third-order valence-corrected chi connectivity index (χ3v) is 3.91. The summed E-state index contributed by atoms with van der Waals surface area (Å²) < 4.78 is 26.6. The van der Waals surface area contributed by atoms with Crippen LogP contribution in [0, 0.1) is 18.6 Å². The molecule has 1 N–H and O–H groups in total. The highest BCUT2D eigenvalue weighted by Crippen LogP contribution is 2.31. The van der Waals surface area contributed by atoms with Gasteiger partial charge in [-0.2, -0.15) is 0 Å². The van der Waals surface area contributed by atoms with Crippen LogP contribution in [0.15, 0.2) is 30.3 Å². The van der Waals surface area contributed by atoms with Crippen molar-refractivity contribution in [3.8, 4) is 0 Å². The molecular weight excluding hydrogens is 303 g/mol. The summed E-state index contributed by atoms with van der Waals surface area (Å²) in [6.45, 7) is 1.88. The van der Waals surface area contributed by atoms with Crippen molar-refractivity contribution in [1.82, 2.24) is 5.32 Å². The Labute approximate surface area is 126 Å². The number of hydrogen-bond donors (Lipinski definition) is 1. The molecule has 0 saturated carbocycles. The van der Waals surface area contributed by atoms with Crippen molar-refractivity contribution in [3.05, 3.63) is 68.7 Å². The van der Waals surface area contributed by atoms with Gasteiger partial charge >= 0.3 is 0 Å². The number of nitrogens with one attached hydrogen (secondary N) is 1. The van der Waals surface area contributed by atoms with Gasteiger partial charge in [0.1, 0.15) is 0 Å². The summed E-state index contributed by atoms with van der Waals surface area (Å²) in [6.07, 6.45) is 0. The fourth-order valence-corrected chi connectivity index (χ4v) is 2.49. The molecule has 106 valence electrons. The quantitative estimate of drug-likeness (QED) is 0.795. The second-order valence-electron chi connectivity index (χ2n) is 4.52. The van der Waals surface area contributed by atoms with Crippen LogP contribution < -0.4 is 5.32 Å². The van der Waals surface area contributed by atoms with Crippen molar-refractivity contribution in [2.45, 2.75) is 13.0 Å². The minimum Gasteiger partial charge on any atom is -0.309 e. The minimum absolute atomic E-state index is 0.177. The zero-order chi connectivity index (χ0) is 14.9. The topological polar surface area (TPSA) is 12.0 Å². The van der Waals surface area contributed by atoms with E-state index in [2.05, 4.69) is 5.32 Å². The average Bonchev–Trinajstić information content (AvgIpc) is 2.40. The van der Waals surface area contributed by atoms with Crippen LogP contribution in [-0.2, 0) is 0 Å². The third kappa shape index (κ3) is 2.95. The molecule has 0 aromatic heterocycles. The molecule has 0 fully saturated rings. The van der Waals surface area contributed by atoms with Gasteiger partial charge in [-0.1, -0.05) is 35.3 Å². The Balaban J connectivity index is 2.52. The molecule has 2 aromatic carbocycles. The van der Waals surface area contributed by atoms with Crippen molar-refractivity contribution in [3.63, 3.8) is 0 Å². The lowest BCUT2D eigenvalue weighted by atomic mass is 9.97. The summed E-state index contributed by atoms with van der Waals surface area (Å²) in [5, 5.41) is 3.88. The van der Waals surface area contributed by atoms with Gasteiger partial charge in [-0.3, -0.25) is 0 Å². The smallest absolute Gasteiger partial charge is 0.160 e. The van der Waals surface area contributed by atoms with E-state index >= 15 is 0 Å². The Kier molecular flexibility index (Phi) is 4.63. The third-order valence-electron chi connectivity index (χ3n) is 3.15. The van der Waals surface area contributed by atoms with Crippen LogP contribution in [0.4, 0.5) is 8.78 Å². The summed E-state index contributed by atoms with van der Waals surface area (Å²) in [5.74, 6) is -1.88. The molecule has 2 aromatic rings. The van der Waals surface area contributed by atoms with Gasteiger partial charge < -0.3 is 5.32 Å². The Morgan fingerprint density at radius 3 is 2.25 bits per heavy atom. The molecule has 0 radical (unpaired) electrons. The molecule has 5 heteroatoms. The second-order valence-corrected chi connectivity index (χ2v) is 5.33. The normalized spacial score (nSPS) is 12.5. The van der Waals surface area contributed by atoms with E-state index in [1.54, 1.807) is 13.1 Å². The van der Waals surface area contributed by atoms with E-state index in [-0.39, 0.29) is 11.1 Å². The molecule has 0 bridgehead atoms. The van der Waals surface area contributed by atoms with Gasteiger partial charge in [-0.05, 0) is 48.9 Å². The van der Waals surface area contributed by atoms with Gasteiger partial charge in [0.25, 0.3) is 0 Å². The van der Waals surface area contributed by atoms with Crippen LogP contribution in [0.3, 0.4) is 0 Å². The second kappa shape index (κ2) is 6.08. The molecular formula is C15H13Cl2F2N. The van der Waals surface area contributed by atoms with Crippen molar-refractivity contribution in [2.75, 3.05) is 7.05 Å². The summed E-state index contributed by atoms with van der Waals surface area (Å²) in [4.78, 5) is 0. The number of benzene rings is 2. The average molecular weight is 316 g/mol. The molecule has 0 spiro atoms. The number of rotatable bonds is 3. The molecule has 0 aliphatic heterocycles. The maximum absolute atomic E-state index is 13.4. The van der Waals surface area contributed by atoms with E-state index in [9.17, 15) is 8.78 Å². The van der Waals surface area contributed by atoms with Crippen LogP contribution >= 0.6 is 23.2 Å². The van der Waals surface area contributed by atoms with E-state index in [1.165, 1.54) is 0 Å². The highest BCUT2D eigenvalue weighted by molar-refractivity contribution is 6.31. The molecule has 1 nitrogen and oxygen atoms in total. The maximum atomic E-state index is 13.4. The largest absolute Gasteiger partial charge is 0.309 e. The lowest BCUT2D eigenvalue weighted by molar-refractivity contribution is 0.505. The van der Waals surface area contributed by atoms with Crippen LogP contribution in [0.25, 0.3) is 0 Å². The molecule has 0 saturated heterocycles. The zero-order valence-electron chi connectivity index (χ0n) is 11.0.